The van der Waals surface area contributed by atoms with Crippen molar-refractivity contribution in [3.8, 4) is 22.9 Å². The molecule has 0 bridgehead atoms. The van der Waals surface area contributed by atoms with Crippen LogP contribution in [0, 0.1) is 5.41 Å². The van der Waals surface area contributed by atoms with Crippen LogP contribution in [0.2, 0.25) is 0 Å². The molecule has 0 saturated heterocycles. The van der Waals surface area contributed by atoms with Crippen LogP contribution < -0.4 is 10.0 Å². The third kappa shape index (κ3) is 5.52. The fourth-order valence-corrected chi connectivity index (χ4v) is 3.98. The van der Waals surface area contributed by atoms with Crippen molar-refractivity contribution < 1.29 is 22.0 Å². The second kappa shape index (κ2) is 9.63. The van der Waals surface area contributed by atoms with Crippen molar-refractivity contribution in [2.24, 2.45) is 5.41 Å². The van der Waals surface area contributed by atoms with Crippen LogP contribution in [-0.4, -0.2) is 36.2 Å². The zero-order chi connectivity index (χ0) is 25.1. The van der Waals surface area contributed by atoms with E-state index in [4.69, 9.17) is 4.42 Å². The number of anilines is 2. The third-order valence-electron chi connectivity index (χ3n) is 5.09. The molecule has 0 radical (unpaired) electrons. The van der Waals surface area contributed by atoms with E-state index in [0.29, 0.717) is 28.4 Å². The minimum absolute atomic E-state index is 0.0373. The lowest BCUT2D eigenvalue weighted by molar-refractivity contribution is -0.124. The zero-order valence-electron chi connectivity index (χ0n) is 18.9. The molecule has 35 heavy (non-hydrogen) atoms. The highest BCUT2D eigenvalue weighted by atomic mass is 32.2. The number of amides is 1. The summed E-state index contributed by atoms with van der Waals surface area (Å²) in [7, 11) is -3.87. The number of pyridine rings is 1. The van der Waals surface area contributed by atoms with Crippen LogP contribution in [0.25, 0.3) is 22.9 Å². The third-order valence-corrected chi connectivity index (χ3v) is 6.49. The molecule has 4 rings (SSSR count). The molecule has 0 aliphatic carbocycles. The summed E-state index contributed by atoms with van der Waals surface area (Å²) in [5.41, 5.74) is 0.798. The van der Waals surface area contributed by atoms with Gasteiger partial charge >= 0.3 is 0 Å². The predicted octanol–water partition coefficient (Wildman–Crippen LogP) is 4.53. The predicted molar refractivity (Wildman–Crippen MR) is 129 cm³/mol. The van der Waals surface area contributed by atoms with Gasteiger partial charge in [-0.15, -0.1) is 10.2 Å². The molecule has 0 aliphatic heterocycles. The fraction of sp³-hybridized carbons (Fsp3) is 0.167. The average Bonchev–Trinajstić information content (AvgIpc) is 3.36. The van der Waals surface area contributed by atoms with Crippen LogP contribution >= 0.6 is 0 Å². The van der Waals surface area contributed by atoms with E-state index in [-0.39, 0.29) is 10.8 Å². The van der Waals surface area contributed by atoms with Crippen LogP contribution in [0.4, 0.5) is 15.8 Å². The summed E-state index contributed by atoms with van der Waals surface area (Å²) in [6.07, 6.45) is 3.24. The van der Waals surface area contributed by atoms with Gasteiger partial charge in [-0.05, 0) is 74.5 Å². The van der Waals surface area contributed by atoms with Crippen molar-refractivity contribution in [1.29, 1.82) is 0 Å². The average molecular weight is 496 g/mol. The minimum Gasteiger partial charge on any atom is -0.416 e. The maximum Gasteiger partial charge on any atom is 0.261 e. The Labute approximate surface area is 201 Å². The second-order valence-electron chi connectivity index (χ2n) is 8.33. The van der Waals surface area contributed by atoms with Gasteiger partial charge in [0.05, 0.1) is 15.9 Å². The molecule has 0 aliphatic rings. The number of rotatable bonds is 8. The Balaban J connectivity index is 1.44. The highest BCUT2D eigenvalue weighted by molar-refractivity contribution is 7.92. The van der Waals surface area contributed by atoms with E-state index in [1.165, 1.54) is 50.2 Å². The maximum absolute atomic E-state index is 13.0. The molecular formula is C24H22FN5O4S. The van der Waals surface area contributed by atoms with Gasteiger partial charge in [-0.25, -0.2) is 12.8 Å². The number of benzene rings is 2. The number of halogens is 1. The van der Waals surface area contributed by atoms with E-state index in [1.807, 2.05) is 0 Å². The molecule has 0 spiro atoms. The highest BCUT2D eigenvalue weighted by Crippen LogP contribution is 2.26. The summed E-state index contributed by atoms with van der Waals surface area (Å²) in [5, 5.41) is 10.6. The van der Waals surface area contributed by atoms with Crippen molar-refractivity contribution in [3.05, 3.63) is 73.1 Å². The van der Waals surface area contributed by atoms with Crippen molar-refractivity contribution in [2.45, 2.75) is 18.7 Å². The van der Waals surface area contributed by atoms with Crippen LogP contribution in [0.5, 0.6) is 0 Å². The van der Waals surface area contributed by atoms with E-state index in [9.17, 15) is 17.6 Å². The van der Waals surface area contributed by atoms with Crippen LogP contribution in [-0.2, 0) is 14.8 Å². The van der Waals surface area contributed by atoms with Crippen LogP contribution in [0.3, 0.4) is 0 Å². The Kier molecular flexibility index (Phi) is 6.61. The van der Waals surface area contributed by atoms with E-state index in [2.05, 4.69) is 25.2 Å². The summed E-state index contributed by atoms with van der Waals surface area (Å²) >= 11 is 0. The number of nitrogens with zero attached hydrogens (tertiary/aromatic N) is 3. The molecule has 11 heteroatoms. The molecule has 2 N–H and O–H groups in total. The van der Waals surface area contributed by atoms with Gasteiger partial charge in [0.25, 0.3) is 10.0 Å². The quantitative estimate of drug-likeness (QED) is 0.367. The maximum atomic E-state index is 13.0. The Morgan fingerprint density at radius 1 is 0.943 bits per heavy atom. The molecule has 2 aromatic heterocycles. The van der Waals surface area contributed by atoms with Crippen molar-refractivity contribution in [3.63, 3.8) is 0 Å². The van der Waals surface area contributed by atoms with Crippen molar-refractivity contribution in [2.75, 3.05) is 16.7 Å². The second-order valence-corrected chi connectivity index (χ2v) is 10.0. The van der Waals surface area contributed by atoms with Gasteiger partial charge in [0, 0.05) is 29.3 Å². The smallest absolute Gasteiger partial charge is 0.261 e. The Morgan fingerprint density at radius 3 is 2.17 bits per heavy atom. The van der Waals surface area contributed by atoms with E-state index in [1.54, 1.807) is 36.7 Å². The van der Waals surface area contributed by atoms with E-state index < -0.39 is 28.0 Å². The summed E-state index contributed by atoms with van der Waals surface area (Å²) < 4.78 is 46.7. The number of hydrogen-bond acceptors (Lipinski definition) is 7. The number of hydrogen-bond donors (Lipinski definition) is 2. The largest absolute Gasteiger partial charge is 0.416 e. The lowest BCUT2D eigenvalue weighted by atomic mass is 9.94. The minimum atomic E-state index is -3.87. The van der Waals surface area contributed by atoms with Gasteiger partial charge in [-0.1, -0.05) is 0 Å². The van der Waals surface area contributed by atoms with Gasteiger partial charge in [0.2, 0.25) is 17.7 Å². The van der Waals surface area contributed by atoms with Crippen molar-refractivity contribution in [1.82, 2.24) is 15.2 Å². The van der Waals surface area contributed by atoms with Gasteiger partial charge in [-0.2, -0.15) is 0 Å². The van der Waals surface area contributed by atoms with Crippen LogP contribution in [0.15, 0.2) is 82.4 Å². The number of sulfonamides is 1. The standard InChI is InChI=1S/C24H22FN5O4S/c1-24(2,15-25)23(31)27-18-7-9-19(10-8-18)30-35(32,33)20-11-5-16(6-12-20)21-28-29-22(34-21)17-4-3-13-26-14-17/h3-14,30H,15H2,1-2H3,(H,27,31). The first kappa shape index (κ1) is 24.0. The topological polar surface area (TPSA) is 127 Å². The molecule has 2 aromatic carbocycles. The molecule has 0 atom stereocenters. The van der Waals surface area contributed by atoms with Gasteiger partial charge in [0.15, 0.2) is 0 Å². The molecule has 4 aromatic rings. The molecular weight excluding hydrogens is 473 g/mol. The zero-order valence-corrected chi connectivity index (χ0v) is 19.7. The van der Waals surface area contributed by atoms with Gasteiger partial charge < -0.3 is 9.73 Å². The Bertz CT molecular complexity index is 1420. The van der Waals surface area contributed by atoms with Crippen LogP contribution in [0.1, 0.15) is 13.8 Å². The number of carbonyl (C=O) groups excluding carboxylic acids is 1. The molecule has 1 amide bonds. The first-order valence-electron chi connectivity index (χ1n) is 10.5. The lowest BCUT2D eigenvalue weighted by Crippen LogP contribution is -2.32. The Morgan fingerprint density at radius 2 is 1.57 bits per heavy atom. The first-order chi connectivity index (χ1) is 16.7. The summed E-state index contributed by atoms with van der Waals surface area (Å²) in [6.45, 7) is 2.19. The number of nitrogens with one attached hydrogen (secondary N) is 2. The molecule has 180 valence electrons. The number of alkyl halides is 1. The monoisotopic (exact) mass is 495 g/mol. The normalized spacial score (nSPS) is 11.7. The summed E-state index contributed by atoms with van der Waals surface area (Å²) in [5.74, 6) is 0.0796. The SMILES string of the molecule is CC(C)(CF)C(=O)Nc1ccc(NS(=O)(=O)c2ccc(-c3nnc(-c4cccnc4)o3)cc2)cc1. The lowest BCUT2D eigenvalue weighted by Gasteiger charge is -2.19. The molecule has 9 nitrogen and oxygen atoms in total. The van der Waals surface area contributed by atoms with Gasteiger partial charge in [0.1, 0.15) is 6.67 Å². The van der Waals surface area contributed by atoms with E-state index >= 15 is 0 Å². The Hall–Kier alpha value is -4.12. The van der Waals surface area contributed by atoms with Crippen molar-refractivity contribution >= 4 is 27.3 Å². The molecule has 2 heterocycles. The van der Waals surface area contributed by atoms with E-state index in [0.717, 1.165) is 0 Å². The molecule has 0 unspecified atom stereocenters. The summed E-state index contributed by atoms with van der Waals surface area (Å²) in [4.78, 5) is 16.1. The first-order valence-corrected chi connectivity index (χ1v) is 12.0. The summed E-state index contributed by atoms with van der Waals surface area (Å²) in [6, 6.07) is 15.6. The van der Waals surface area contributed by atoms with Gasteiger partial charge in [-0.3, -0.25) is 14.5 Å². The fourth-order valence-electron chi connectivity index (χ4n) is 2.92. The number of carbonyl (C=O) groups is 1. The highest BCUT2D eigenvalue weighted by Gasteiger charge is 2.27. The number of aromatic nitrogens is 3. The molecule has 0 fully saturated rings. The molecule has 0 saturated carbocycles.